The molecule has 0 saturated carbocycles. The van der Waals surface area contributed by atoms with Crippen molar-refractivity contribution in [3.8, 4) is 0 Å². The van der Waals surface area contributed by atoms with Gasteiger partial charge in [-0.3, -0.25) is 14.7 Å². The minimum atomic E-state index is -4.40. The summed E-state index contributed by atoms with van der Waals surface area (Å²) in [6, 6.07) is 5.13. The molecule has 4 nitrogen and oxygen atoms in total. The van der Waals surface area contributed by atoms with Gasteiger partial charge in [0, 0.05) is 13.1 Å². The molecule has 136 valence electrons. The van der Waals surface area contributed by atoms with Crippen LogP contribution in [0.2, 0.25) is 0 Å². The maximum absolute atomic E-state index is 13.8. The molecule has 2 aliphatic rings. The van der Waals surface area contributed by atoms with Crippen LogP contribution in [0.1, 0.15) is 25.0 Å². The molecule has 0 radical (unpaired) electrons. The van der Waals surface area contributed by atoms with Crippen LogP contribution in [0, 0.1) is 5.92 Å². The summed E-state index contributed by atoms with van der Waals surface area (Å²) in [7, 11) is 0. The third-order valence-electron chi connectivity index (χ3n) is 4.64. The summed E-state index contributed by atoms with van der Waals surface area (Å²) in [5, 5.41) is 5.91. The molecule has 8 heteroatoms. The molecule has 1 aromatic carbocycles. The topological polar surface area (TPSA) is 35.9 Å². The van der Waals surface area contributed by atoms with Gasteiger partial charge in [0.25, 0.3) is 0 Å². The number of halogens is 4. The third kappa shape index (κ3) is 3.40. The van der Waals surface area contributed by atoms with Crippen molar-refractivity contribution in [2.75, 3.05) is 13.1 Å². The average Bonchev–Trinajstić information content (AvgIpc) is 3.06. The maximum Gasteiger partial charge on any atom is 0.416 e. The molecule has 3 atom stereocenters. The summed E-state index contributed by atoms with van der Waals surface area (Å²) in [6.07, 6.45) is -6.17. The second-order valence-corrected chi connectivity index (χ2v) is 6.47. The summed E-state index contributed by atoms with van der Waals surface area (Å²) in [5.74, 6) is -0.875. The molecular formula is C17H19F4N3O. The fraction of sp³-hybridized carbons (Fsp3) is 0.529. The smallest absolute Gasteiger partial charge is 0.299 e. The number of alkyl halides is 4. The summed E-state index contributed by atoms with van der Waals surface area (Å²) in [4.78, 5) is 13.9. The SMILES string of the molecule is CC(=O)C1C(C(C)F)=NN2CCN(Cc3cccc(C(F)(F)F)c3)C12. The van der Waals surface area contributed by atoms with Crippen LogP contribution >= 0.6 is 0 Å². The van der Waals surface area contributed by atoms with E-state index in [2.05, 4.69) is 5.10 Å². The minimum Gasteiger partial charge on any atom is -0.299 e. The van der Waals surface area contributed by atoms with Gasteiger partial charge in [-0.05, 0) is 25.5 Å². The number of ketones is 1. The maximum atomic E-state index is 13.8. The Bertz CT molecular complexity index is 701. The molecule has 1 fully saturated rings. The Kier molecular flexibility index (Phi) is 4.57. The number of hydrazone groups is 1. The molecule has 0 bridgehead atoms. The van der Waals surface area contributed by atoms with Crippen LogP contribution in [0.4, 0.5) is 17.6 Å². The van der Waals surface area contributed by atoms with E-state index in [4.69, 9.17) is 0 Å². The second kappa shape index (κ2) is 6.40. The van der Waals surface area contributed by atoms with Gasteiger partial charge in [-0.1, -0.05) is 18.2 Å². The van der Waals surface area contributed by atoms with Crippen molar-refractivity contribution in [3.63, 3.8) is 0 Å². The van der Waals surface area contributed by atoms with Gasteiger partial charge >= 0.3 is 6.18 Å². The molecule has 3 rings (SSSR count). The van der Waals surface area contributed by atoms with E-state index in [0.29, 0.717) is 18.7 Å². The third-order valence-corrected chi connectivity index (χ3v) is 4.64. The number of carbonyl (C=O) groups excluding carboxylic acids is 1. The molecule has 0 spiro atoms. The van der Waals surface area contributed by atoms with Crippen molar-refractivity contribution >= 4 is 11.5 Å². The van der Waals surface area contributed by atoms with Crippen LogP contribution in [-0.4, -0.2) is 46.8 Å². The quantitative estimate of drug-likeness (QED) is 0.777. The van der Waals surface area contributed by atoms with E-state index in [1.807, 2.05) is 4.90 Å². The first-order valence-electron chi connectivity index (χ1n) is 8.08. The molecule has 1 saturated heterocycles. The van der Waals surface area contributed by atoms with Gasteiger partial charge < -0.3 is 0 Å². The van der Waals surface area contributed by atoms with Crippen LogP contribution in [0.3, 0.4) is 0 Å². The predicted octanol–water partition coefficient (Wildman–Crippen LogP) is 3.08. The van der Waals surface area contributed by atoms with E-state index >= 15 is 0 Å². The summed E-state index contributed by atoms with van der Waals surface area (Å²) >= 11 is 0. The van der Waals surface area contributed by atoms with Gasteiger partial charge in [-0.25, -0.2) is 4.39 Å². The number of hydrogen-bond acceptors (Lipinski definition) is 4. The zero-order valence-corrected chi connectivity index (χ0v) is 13.9. The molecular weight excluding hydrogens is 338 g/mol. The van der Waals surface area contributed by atoms with Crippen molar-refractivity contribution in [2.24, 2.45) is 11.0 Å². The van der Waals surface area contributed by atoms with Crippen LogP contribution in [0.25, 0.3) is 0 Å². The van der Waals surface area contributed by atoms with Crippen LogP contribution in [0.15, 0.2) is 29.4 Å². The van der Waals surface area contributed by atoms with Crippen molar-refractivity contribution in [1.82, 2.24) is 9.91 Å². The van der Waals surface area contributed by atoms with Gasteiger partial charge in [-0.2, -0.15) is 18.3 Å². The van der Waals surface area contributed by atoms with Gasteiger partial charge in [-0.15, -0.1) is 0 Å². The Morgan fingerprint density at radius 3 is 2.68 bits per heavy atom. The van der Waals surface area contributed by atoms with Crippen molar-refractivity contribution in [3.05, 3.63) is 35.4 Å². The number of Topliss-reactive ketones (excluding diaryl/α,β-unsaturated/α-hetero) is 1. The first-order valence-corrected chi connectivity index (χ1v) is 8.08. The predicted molar refractivity (Wildman–Crippen MR) is 84.5 cm³/mol. The Labute approximate surface area is 143 Å². The minimum absolute atomic E-state index is 0.188. The van der Waals surface area contributed by atoms with Crippen molar-refractivity contribution in [1.29, 1.82) is 0 Å². The van der Waals surface area contributed by atoms with E-state index in [0.717, 1.165) is 12.1 Å². The highest BCUT2D eigenvalue weighted by Gasteiger charge is 2.48. The Hall–Kier alpha value is -1.96. The fourth-order valence-corrected chi connectivity index (χ4v) is 3.54. The number of benzene rings is 1. The molecule has 25 heavy (non-hydrogen) atoms. The summed E-state index contributed by atoms with van der Waals surface area (Å²) in [6.45, 7) is 4.06. The molecule has 0 aliphatic carbocycles. The van der Waals surface area contributed by atoms with E-state index in [1.165, 1.54) is 19.9 Å². The monoisotopic (exact) mass is 357 g/mol. The molecule has 0 aromatic heterocycles. The van der Waals surface area contributed by atoms with Gasteiger partial charge in [0.2, 0.25) is 0 Å². The zero-order valence-electron chi connectivity index (χ0n) is 13.9. The first-order chi connectivity index (χ1) is 11.7. The number of rotatable bonds is 4. The lowest BCUT2D eigenvalue weighted by atomic mass is 9.93. The van der Waals surface area contributed by atoms with Crippen molar-refractivity contribution in [2.45, 2.75) is 38.9 Å². The molecule has 1 aromatic rings. The highest BCUT2D eigenvalue weighted by molar-refractivity contribution is 6.07. The molecule has 2 heterocycles. The Morgan fingerprint density at radius 2 is 2.08 bits per heavy atom. The number of nitrogens with zero attached hydrogens (tertiary/aromatic N) is 3. The average molecular weight is 357 g/mol. The Balaban J connectivity index is 1.82. The van der Waals surface area contributed by atoms with Gasteiger partial charge in [0.1, 0.15) is 18.1 Å². The molecule has 0 N–H and O–H groups in total. The normalized spacial score (nSPS) is 25.0. The van der Waals surface area contributed by atoms with E-state index in [1.54, 1.807) is 11.1 Å². The highest BCUT2D eigenvalue weighted by Crippen LogP contribution is 2.34. The molecule has 3 unspecified atom stereocenters. The van der Waals surface area contributed by atoms with E-state index in [-0.39, 0.29) is 18.0 Å². The summed E-state index contributed by atoms with van der Waals surface area (Å²) in [5.41, 5.74) is -0.00289. The second-order valence-electron chi connectivity index (χ2n) is 6.47. The van der Waals surface area contributed by atoms with Gasteiger partial charge in [0.05, 0.1) is 23.7 Å². The first kappa shape index (κ1) is 17.8. The van der Waals surface area contributed by atoms with Crippen LogP contribution in [0.5, 0.6) is 0 Å². The van der Waals surface area contributed by atoms with Gasteiger partial charge in [0.15, 0.2) is 0 Å². The number of hydrogen-bond donors (Lipinski definition) is 0. The highest BCUT2D eigenvalue weighted by atomic mass is 19.4. The Morgan fingerprint density at radius 1 is 1.36 bits per heavy atom. The zero-order chi connectivity index (χ0) is 18.4. The lowest BCUT2D eigenvalue weighted by Gasteiger charge is -2.28. The molecule has 0 amide bonds. The molecule has 2 aliphatic heterocycles. The fourth-order valence-electron chi connectivity index (χ4n) is 3.54. The number of carbonyl (C=O) groups is 1. The summed E-state index contributed by atoms with van der Waals surface area (Å²) < 4.78 is 52.4. The van der Waals surface area contributed by atoms with E-state index < -0.39 is 30.0 Å². The van der Waals surface area contributed by atoms with Crippen molar-refractivity contribution < 1.29 is 22.4 Å². The lowest BCUT2D eigenvalue weighted by molar-refractivity contribution is -0.137. The largest absolute Gasteiger partial charge is 0.416 e. The van der Waals surface area contributed by atoms with Crippen LogP contribution in [-0.2, 0) is 17.5 Å². The standard InChI is InChI=1S/C17H19F4N3O/c1-10(18)15-14(11(2)25)16-23(6-7-24(16)22-15)9-12-4-3-5-13(8-12)17(19,20)21/h3-5,8,10,14,16H,6-7,9H2,1-2H3. The van der Waals surface area contributed by atoms with E-state index in [9.17, 15) is 22.4 Å². The number of fused-ring (bicyclic) bond motifs is 1. The van der Waals surface area contributed by atoms with Crippen LogP contribution < -0.4 is 0 Å². The lowest BCUT2D eigenvalue weighted by Crippen LogP contribution is -2.44.